The first-order valence-corrected chi connectivity index (χ1v) is 29.2. The van der Waals surface area contributed by atoms with E-state index in [1.165, 1.54) is 6.92 Å². The Hall–Kier alpha value is -4.22. The molecule has 7 fully saturated rings. The van der Waals surface area contributed by atoms with Gasteiger partial charge in [-0.3, -0.25) is 14.4 Å². The maximum absolute atomic E-state index is 14.9. The second kappa shape index (κ2) is 30.2. The van der Waals surface area contributed by atoms with Crippen LogP contribution in [0.4, 0.5) is 0 Å². The van der Waals surface area contributed by atoms with E-state index in [1.807, 2.05) is 0 Å². The SMILES string of the molecule is COC1C(C(=O)O)OC(OC2C(O)C(CO)OC(OC3C(C(=O)OC4CC(C)(C)N(O)C(C)(C)C4)OC(OC4C(O)C(CO)OC(OC5C(C(=O)O)OC(OC6C(O)C(CO)OC(C)C6NC(C)=O)C(O)C5O)C4NC(C)=O)C(O)C3O)C2NC(C)=O)C(O)C1O. The summed E-state index contributed by atoms with van der Waals surface area (Å²) < 4.78 is 75.6. The predicted molar refractivity (Wildman–Crippen MR) is 287 cm³/mol. The van der Waals surface area contributed by atoms with E-state index in [0.29, 0.717) is 0 Å². The topological polar surface area (TPSA) is 565 Å². The van der Waals surface area contributed by atoms with Crippen molar-refractivity contribution in [1.29, 1.82) is 0 Å². The zero-order chi connectivity index (χ0) is 67.8. The summed E-state index contributed by atoms with van der Waals surface area (Å²) in [7, 11) is 1.02. The highest BCUT2D eigenvalue weighted by molar-refractivity contribution is 5.77. The standard InChI is InChI=1S/C53H86N4O34/c1-15-23(54-16(2)61)35(26(64)20(12-58)80-15)84-50-33(71)30(68)39(42(90-50)45(75)76)87-47-24(55-17(3)62)37(28(66)21(13-59)82-47)86-51-34(72)31(69)40(43(91-51)46(77)81-19-10-52(5,6)57(78)53(7,8)11-19)88-48-25(56-18(4)63)36(27(65)22(14-60)83-48)85-49-32(70)29(67)38(79-9)41(89-49)44(73)74/h15,19-43,47-51,58-60,64-72,78H,10-14H2,1-9H3,(H,54,61)(H,55,62)(H,56,63)(H,73,74)(H,75,76). The van der Waals surface area contributed by atoms with E-state index < -0.39 is 256 Å². The van der Waals surface area contributed by atoms with Gasteiger partial charge in [0, 0.05) is 51.8 Å². The van der Waals surface area contributed by atoms with Gasteiger partial charge in [0.05, 0.1) is 32.0 Å². The molecule has 38 heteroatoms. The third-order valence-electron chi connectivity index (χ3n) is 16.9. The van der Waals surface area contributed by atoms with Crippen molar-refractivity contribution in [3.05, 3.63) is 0 Å². The molecular weight excluding hydrogens is 1240 g/mol. The number of carboxylic acids is 2. The summed E-state index contributed by atoms with van der Waals surface area (Å²) >= 11 is 0. The summed E-state index contributed by atoms with van der Waals surface area (Å²) in [6.45, 7) is 7.98. The Morgan fingerprint density at radius 1 is 0.451 bits per heavy atom. The maximum atomic E-state index is 14.9. The summed E-state index contributed by atoms with van der Waals surface area (Å²) in [4.78, 5) is 78.4. The molecule has 0 spiro atoms. The van der Waals surface area contributed by atoms with Crippen molar-refractivity contribution in [2.24, 2.45) is 0 Å². The van der Waals surface area contributed by atoms with Crippen LogP contribution < -0.4 is 16.0 Å². The van der Waals surface area contributed by atoms with E-state index in [9.17, 15) is 105 Å². The van der Waals surface area contributed by atoms with E-state index in [1.54, 1.807) is 27.7 Å². The number of aliphatic hydroxyl groups is 12. The Balaban J connectivity index is 1.21. The minimum Gasteiger partial charge on any atom is -0.479 e. The fraction of sp³-hybridized carbons (Fsp3) is 0.887. The van der Waals surface area contributed by atoms with Crippen molar-refractivity contribution in [2.75, 3.05) is 26.9 Å². The van der Waals surface area contributed by atoms with Crippen LogP contribution in [0, 0.1) is 0 Å². The maximum Gasteiger partial charge on any atom is 0.338 e. The van der Waals surface area contributed by atoms with Gasteiger partial charge in [0.1, 0.15) is 128 Å². The van der Waals surface area contributed by atoms with Gasteiger partial charge >= 0.3 is 17.9 Å². The minimum absolute atomic E-state index is 0.0572. The molecular formula is C53H86N4O34. The highest BCUT2D eigenvalue weighted by Gasteiger charge is 2.61. The van der Waals surface area contributed by atoms with Gasteiger partial charge in [0.15, 0.2) is 49.8 Å². The van der Waals surface area contributed by atoms with Crippen LogP contribution in [-0.4, -0.2) is 345 Å². The van der Waals surface area contributed by atoms with Crippen molar-refractivity contribution >= 4 is 35.6 Å². The first-order valence-electron chi connectivity index (χ1n) is 29.2. The van der Waals surface area contributed by atoms with Gasteiger partial charge < -0.3 is 154 Å². The van der Waals surface area contributed by atoms with Crippen LogP contribution in [0.2, 0.25) is 0 Å². The van der Waals surface area contributed by atoms with E-state index in [0.717, 1.165) is 32.9 Å². The minimum atomic E-state index is -2.49. The molecule has 7 aliphatic heterocycles. The number of hydrogen-bond donors (Lipinski definition) is 18. The summed E-state index contributed by atoms with van der Waals surface area (Å²) in [5.74, 6) is -7.53. The molecule has 522 valence electrons. The van der Waals surface area contributed by atoms with Gasteiger partial charge in [-0.2, -0.15) is 5.06 Å². The third kappa shape index (κ3) is 16.0. The number of hydroxylamine groups is 2. The number of rotatable bonds is 21. The molecule has 7 aliphatic rings. The number of carboxylic acid groups (broad SMARTS) is 2. The number of amides is 3. The lowest BCUT2D eigenvalue weighted by atomic mass is 9.80. The molecule has 0 aliphatic carbocycles. The molecule has 91 heavy (non-hydrogen) atoms. The number of nitrogens with zero attached hydrogens (tertiary/aromatic N) is 1. The van der Waals surface area contributed by atoms with Gasteiger partial charge in [-0.1, -0.05) is 0 Å². The van der Waals surface area contributed by atoms with Crippen LogP contribution in [0.3, 0.4) is 0 Å². The first kappa shape index (κ1) is 74.2. The first-order chi connectivity index (χ1) is 42.5. The number of carbonyl (C=O) groups is 6. The van der Waals surface area contributed by atoms with Gasteiger partial charge in [-0.15, -0.1) is 0 Å². The number of piperidine rings is 1. The summed E-state index contributed by atoms with van der Waals surface area (Å²) in [5, 5.41) is 175. The van der Waals surface area contributed by atoms with Crippen LogP contribution >= 0.6 is 0 Å². The van der Waals surface area contributed by atoms with Gasteiger partial charge in [0.2, 0.25) is 17.7 Å². The highest BCUT2D eigenvalue weighted by Crippen LogP contribution is 2.41. The molecule has 7 heterocycles. The average Bonchev–Trinajstić information content (AvgIpc) is 0.937. The van der Waals surface area contributed by atoms with E-state index in [-0.39, 0.29) is 12.8 Å². The lowest BCUT2D eigenvalue weighted by Crippen LogP contribution is -2.71. The summed E-state index contributed by atoms with van der Waals surface area (Å²) in [5.41, 5.74) is -2.16. The number of aliphatic carboxylic acids is 2. The Morgan fingerprint density at radius 2 is 0.769 bits per heavy atom. The van der Waals surface area contributed by atoms with Crippen LogP contribution in [0.5, 0.6) is 0 Å². The number of aliphatic hydroxyl groups excluding tert-OH is 12. The summed E-state index contributed by atoms with van der Waals surface area (Å²) in [6, 6.07) is -5.11. The molecule has 0 radical (unpaired) electrons. The molecule has 0 aromatic carbocycles. The number of esters is 1. The Kier molecular flexibility index (Phi) is 24.7. The number of nitrogens with one attached hydrogen (secondary N) is 3. The fourth-order valence-electron chi connectivity index (χ4n) is 12.6. The van der Waals surface area contributed by atoms with Crippen molar-refractivity contribution in [3.8, 4) is 0 Å². The highest BCUT2D eigenvalue weighted by atomic mass is 16.8. The van der Waals surface area contributed by atoms with E-state index in [4.69, 9.17) is 61.6 Å². The lowest BCUT2D eigenvalue weighted by molar-refractivity contribution is -0.377. The number of methoxy groups -OCH3 is 1. The van der Waals surface area contributed by atoms with Gasteiger partial charge in [-0.25, -0.2) is 14.4 Å². The van der Waals surface area contributed by atoms with Crippen LogP contribution in [0.1, 0.15) is 68.2 Å². The number of carbonyl (C=O) groups excluding carboxylic acids is 4. The largest absolute Gasteiger partial charge is 0.479 e. The Labute approximate surface area is 518 Å². The van der Waals surface area contributed by atoms with Crippen molar-refractivity contribution in [3.63, 3.8) is 0 Å². The van der Waals surface area contributed by atoms with Crippen LogP contribution in [0.15, 0.2) is 0 Å². The molecule has 7 saturated heterocycles. The smallest absolute Gasteiger partial charge is 0.338 e. The number of hydrogen-bond acceptors (Lipinski definition) is 33. The quantitative estimate of drug-likeness (QED) is 0.0475. The fourth-order valence-corrected chi connectivity index (χ4v) is 12.6. The molecule has 3 amide bonds. The summed E-state index contributed by atoms with van der Waals surface area (Å²) in [6.07, 6.45) is -56.7. The van der Waals surface area contributed by atoms with E-state index in [2.05, 4.69) is 16.0 Å². The van der Waals surface area contributed by atoms with Crippen molar-refractivity contribution in [1.82, 2.24) is 21.0 Å². The zero-order valence-electron chi connectivity index (χ0n) is 50.8. The lowest BCUT2D eigenvalue weighted by Gasteiger charge is -2.52. The molecule has 38 nitrogen and oxygen atoms in total. The van der Waals surface area contributed by atoms with Gasteiger partial charge in [0.25, 0.3) is 0 Å². The zero-order valence-corrected chi connectivity index (χ0v) is 50.8. The monoisotopic (exact) mass is 1320 g/mol. The third-order valence-corrected chi connectivity index (χ3v) is 16.9. The molecule has 18 N–H and O–H groups in total. The number of ether oxygens (including phenoxy) is 13. The molecule has 0 bridgehead atoms. The molecule has 0 saturated carbocycles. The molecule has 0 aromatic heterocycles. The van der Waals surface area contributed by atoms with Crippen molar-refractivity contribution < 1.29 is 167 Å². The Morgan fingerprint density at radius 3 is 1.13 bits per heavy atom. The van der Waals surface area contributed by atoms with Crippen LogP contribution in [0.25, 0.3) is 0 Å². The average molecular weight is 1320 g/mol. The molecule has 7 rings (SSSR count). The second-order valence-electron chi connectivity index (χ2n) is 24.7. The molecule has 0 aromatic rings. The molecule has 30 unspecified atom stereocenters. The van der Waals surface area contributed by atoms with Gasteiger partial charge in [-0.05, 0) is 34.6 Å². The molecule has 30 atom stereocenters. The van der Waals surface area contributed by atoms with E-state index >= 15 is 0 Å². The van der Waals surface area contributed by atoms with Crippen LogP contribution in [-0.2, 0) is 90.3 Å². The normalized spacial score (nSPS) is 44.6. The van der Waals surface area contributed by atoms with Crippen molar-refractivity contribution in [2.45, 2.75) is 269 Å². The second-order valence-corrected chi connectivity index (χ2v) is 24.7. The Bertz CT molecular complexity index is 2490. The predicted octanol–water partition coefficient (Wildman–Crippen LogP) is -9.80.